The van der Waals surface area contributed by atoms with Crippen LogP contribution >= 0.6 is 12.6 Å². The number of carbonyl (C=O) groups excluding carboxylic acids is 2. The van der Waals surface area contributed by atoms with Crippen LogP contribution in [0.2, 0.25) is 0 Å². The van der Waals surface area contributed by atoms with Crippen LogP contribution in [0.15, 0.2) is 46.6 Å². The van der Waals surface area contributed by atoms with Crippen molar-refractivity contribution in [3.05, 3.63) is 46.6 Å². The molecule has 0 bridgehead atoms. The van der Waals surface area contributed by atoms with E-state index in [-0.39, 0.29) is 23.5 Å². The summed E-state index contributed by atoms with van der Waals surface area (Å²) in [6.07, 6.45) is 16.0. The lowest BCUT2D eigenvalue weighted by molar-refractivity contribution is -0.144. The number of hydrogen-bond donors (Lipinski definition) is 5. The summed E-state index contributed by atoms with van der Waals surface area (Å²) in [6, 6.07) is -2.44. The lowest BCUT2D eigenvalue weighted by Crippen LogP contribution is -2.58. The highest BCUT2D eigenvalue weighted by Crippen LogP contribution is 2.14. The van der Waals surface area contributed by atoms with Crippen molar-refractivity contribution in [1.82, 2.24) is 16.0 Å². The van der Waals surface area contributed by atoms with Gasteiger partial charge in [0.25, 0.3) is 0 Å². The fraction of sp³-hybridized carbons (Fsp3) is 0.676. The van der Waals surface area contributed by atoms with E-state index in [0.29, 0.717) is 13.0 Å². The van der Waals surface area contributed by atoms with Gasteiger partial charge in [-0.15, -0.1) is 0 Å². The second kappa shape index (κ2) is 22.3. The zero-order chi connectivity index (χ0) is 32.2. The van der Waals surface area contributed by atoms with Crippen LogP contribution in [-0.4, -0.2) is 53.3 Å². The molecule has 0 aromatic heterocycles. The SMILES string of the molecule is CC[C@H](C)[C@H](NC(=O)[C@@H](NC(=O)[C@@H](CS)NC/C=C(\C)CC/C=C(\C)CC/C=C(\C)CCC=C(C)C)C(C)C)C(=O)O. The fourth-order valence-corrected chi connectivity index (χ4v) is 4.61. The molecule has 0 aromatic carbocycles. The number of aliphatic carboxylic acids is 1. The number of carboxylic acids is 1. The third-order valence-corrected chi connectivity index (χ3v) is 7.86. The summed E-state index contributed by atoms with van der Waals surface area (Å²) >= 11 is 4.33. The molecule has 2 amide bonds. The Morgan fingerprint density at radius 1 is 0.738 bits per heavy atom. The summed E-state index contributed by atoms with van der Waals surface area (Å²) in [6.45, 7) is 18.6. The second-order valence-electron chi connectivity index (χ2n) is 12.1. The van der Waals surface area contributed by atoms with Crippen molar-refractivity contribution in [2.45, 2.75) is 125 Å². The topological polar surface area (TPSA) is 108 Å². The maximum atomic E-state index is 13.0. The molecule has 0 aliphatic rings. The monoisotopic (exact) mass is 605 g/mol. The van der Waals surface area contributed by atoms with Gasteiger partial charge in [-0.1, -0.05) is 80.7 Å². The average molecular weight is 606 g/mol. The van der Waals surface area contributed by atoms with Crippen LogP contribution in [0.1, 0.15) is 107 Å². The molecular weight excluding hydrogens is 546 g/mol. The van der Waals surface area contributed by atoms with E-state index in [9.17, 15) is 19.5 Å². The Labute approximate surface area is 261 Å². The van der Waals surface area contributed by atoms with E-state index in [1.165, 1.54) is 22.3 Å². The van der Waals surface area contributed by atoms with Gasteiger partial charge in [-0.25, -0.2) is 4.79 Å². The minimum absolute atomic E-state index is 0.216. The van der Waals surface area contributed by atoms with E-state index in [4.69, 9.17) is 0 Å². The molecule has 8 heteroatoms. The minimum atomic E-state index is -1.08. The highest BCUT2D eigenvalue weighted by atomic mass is 32.1. The molecule has 0 aliphatic carbocycles. The summed E-state index contributed by atoms with van der Waals surface area (Å²) in [5.74, 6) is -2.09. The van der Waals surface area contributed by atoms with E-state index in [2.05, 4.69) is 87.5 Å². The van der Waals surface area contributed by atoms with E-state index in [1.807, 2.05) is 20.8 Å². The lowest BCUT2D eigenvalue weighted by Gasteiger charge is -2.27. The summed E-state index contributed by atoms with van der Waals surface area (Å²) in [7, 11) is 0. The van der Waals surface area contributed by atoms with E-state index >= 15 is 0 Å². The minimum Gasteiger partial charge on any atom is -0.480 e. The Bertz CT molecular complexity index is 964. The zero-order valence-electron chi connectivity index (χ0n) is 27.7. The number of nitrogens with one attached hydrogen (secondary N) is 3. The predicted molar refractivity (Wildman–Crippen MR) is 180 cm³/mol. The first-order valence-corrected chi connectivity index (χ1v) is 16.1. The van der Waals surface area contributed by atoms with Gasteiger partial charge in [0, 0.05) is 12.3 Å². The summed E-state index contributed by atoms with van der Waals surface area (Å²) in [5, 5.41) is 18.2. The standard InChI is InChI=1S/C34H59N3O4S/c1-10-28(9)31(34(40)41)37-33(39)30(24(4)5)36-32(38)29(22-42)35-21-20-27(8)19-13-18-26(7)17-12-16-25(6)15-11-14-23(2)3/h14,16,18,20,24,28-31,35,42H,10-13,15,17,19,21-22H2,1-9H3,(H,36,38)(H,37,39)(H,40,41)/b25-16+,26-18+,27-20+/t28-,29+,30-,31-/m0/s1. The molecule has 0 aliphatic heterocycles. The van der Waals surface area contributed by atoms with E-state index in [0.717, 1.165) is 38.5 Å². The Morgan fingerprint density at radius 3 is 1.64 bits per heavy atom. The van der Waals surface area contributed by atoms with Crippen LogP contribution in [0.5, 0.6) is 0 Å². The van der Waals surface area contributed by atoms with Crippen LogP contribution in [0, 0.1) is 11.8 Å². The van der Waals surface area contributed by atoms with Crippen molar-refractivity contribution in [2.24, 2.45) is 11.8 Å². The average Bonchev–Trinajstić information content (AvgIpc) is 2.91. The largest absolute Gasteiger partial charge is 0.480 e. The molecule has 4 atom stereocenters. The van der Waals surface area contributed by atoms with Crippen LogP contribution in [0.3, 0.4) is 0 Å². The Morgan fingerprint density at radius 2 is 1.21 bits per heavy atom. The number of amides is 2. The van der Waals surface area contributed by atoms with Crippen molar-refractivity contribution < 1.29 is 19.5 Å². The van der Waals surface area contributed by atoms with E-state index < -0.39 is 30.0 Å². The molecule has 0 spiro atoms. The van der Waals surface area contributed by atoms with Gasteiger partial charge in [-0.3, -0.25) is 9.59 Å². The maximum Gasteiger partial charge on any atom is 0.326 e. The smallest absolute Gasteiger partial charge is 0.326 e. The molecule has 0 heterocycles. The number of rotatable bonds is 21. The Hall–Kier alpha value is -2.32. The normalized spacial score (nSPS) is 15.5. The highest BCUT2D eigenvalue weighted by Gasteiger charge is 2.32. The first-order chi connectivity index (χ1) is 19.7. The molecule has 0 aromatic rings. The lowest BCUT2D eigenvalue weighted by atomic mass is 9.97. The number of carboxylic acid groups (broad SMARTS) is 1. The molecule has 0 rings (SSSR count). The van der Waals surface area contributed by atoms with Gasteiger partial charge in [0.1, 0.15) is 12.1 Å². The van der Waals surface area contributed by atoms with Crippen LogP contribution in [-0.2, 0) is 14.4 Å². The molecule has 7 nitrogen and oxygen atoms in total. The van der Waals surface area contributed by atoms with Gasteiger partial charge in [-0.05, 0) is 85.0 Å². The number of thiol groups is 1. The van der Waals surface area contributed by atoms with Crippen LogP contribution in [0.4, 0.5) is 0 Å². The van der Waals surface area contributed by atoms with Crippen LogP contribution < -0.4 is 16.0 Å². The molecule has 0 fully saturated rings. The third kappa shape index (κ3) is 17.6. The van der Waals surface area contributed by atoms with Crippen molar-refractivity contribution in [1.29, 1.82) is 0 Å². The first-order valence-electron chi connectivity index (χ1n) is 15.5. The molecule has 0 saturated carbocycles. The van der Waals surface area contributed by atoms with Crippen molar-refractivity contribution >= 4 is 30.4 Å². The van der Waals surface area contributed by atoms with Gasteiger partial charge in [-0.2, -0.15) is 12.6 Å². The molecule has 4 N–H and O–H groups in total. The summed E-state index contributed by atoms with van der Waals surface area (Å²) in [5.41, 5.74) is 5.48. The Kier molecular flexibility index (Phi) is 21.0. The van der Waals surface area contributed by atoms with Crippen LogP contribution in [0.25, 0.3) is 0 Å². The second-order valence-corrected chi connectivity index (χ2v) is 12.5. The third-order valence-electron chi connectivity index (χ3n) is 7.49. The Balaban J connectivity index is 4.80. The quantitative estimate of drug-likeness (QED) is 0.0733. The fourth-order valence-electron chi connectivity index (χ4n) is 4.32. The van der Waals surface area contributed by atoms with Crippen molar-refractivity contribution in [3.63, 3.8) is 0 Å². The predicted octanol–water partition coefficient (Wildman–Crippen LogP) is 6.78. The molecule has 240 valence electrons. The molecule has 0 unspecified atom stereocenters. The molecule has 0 saturated heterocycles. The van der Waals surface area contributed by atoms with E-state index in [1.54, 1.807) is 6.92 Å². The van der Waals surface area contributed by atoms with Gasteiger partial charge in [0.2, 0.25) is 11.8 Å². The van der Waals surface area contributed by atoms with Crippen molar-refractivity contribution in [2.75, 3.05) is 12.3 Å². The zero-order valence-corrected chi connectivity index (χ0v) is 28.6. The number of hydrogen-bond acceptors (Lipinski definition) is 5. The summed E-state index contributed by atoms with van der Waals surface area (Å²) in [4.78, 5) is 37.5. The highest BCUT2D eigenvalue weighted by molar-refractivity contribution is 7.80. The van der Waals surface area contributed by atoms with Gasteiger partial charge < -0.3 is 21.1 Å². The maximum absolute atomic E-state index is 13.0. The molecular formula is C34H59N3O4S. The van der Waals surface area contributed by atoms with Gasteiger partial charge >= 0.3 is 5.97 Å². The van der Waals surface area contributed by atoms with Gasteiger partial charge in [0.05, 0.1) is 6.04 Å². The molecule has 42 heavy (non-hydrogen) atoms. The molecule has 0 radical (unpaired) electrons. The number of allylic oxidation sites excluding steroid dienone is 7. The van der Waals surface area contributed by atoms with Gasteiger partial charge in [0.15, 0.2) is 0 Å². The number of carbonyl (C=O) groups is 3. The first kappa shape index (κ1) is 39.7. The summed E-state index contributed by atoms with van der Waals surface area (Å²) < 4.78 is 0. The van der Waals surface area contributed by atoms with Crippen molar-refractivity contribution in [3.8, 4) is 0 Å².